The highest BCUT2D eigenvalue weighted by Crippen LogP contribution is 2.27. The molecule has 2 N–H and O–H groups in total. The van der Waals surface area contributed by atoms with Gasteiger partial charge in [0.15, 0.2) is 5.58 Å². The molecule has 0 aliphatic heterocycles. The number of nitrogens with two attached hydrogens (primary N) is 1. The zero-order valence-electron chi connectivity index (χ0n) is 11.2. The minimum Gasteiger partial charge on any atom is -0.424 e. The molecule has 0 saturated carbocycles. The van der Waals surface area contributed by atoms with Gasteiger partial charge in [-0.1, -0.05) is 6.07 Å². The van der Waals surface area contributed by atoms with Crippen molar-refractivity contribution in [3.05, 3.63) is 46.8 Å². The summed E-state index contributed by atoms with van der Waals surface area (Å²) in [5.74, 6) is 0. The predicted octanol–water partition coefficient (Wildman–Crippen LogP) is 3.80. The summed E-state index contributed by atoms with van der Waals surface area (Å²) in [6.45, 7) is 1.97. The van der Waals surface area contributed by atoms with Crippen LogP contribution >= 0.6 is 15.9 Å². The quantitative estimate of drug-likeness (QED) is 0.571. The number of benzene rings is 1. The number of oxazole rings is 1. The number of rotatable bonds is 1. The van der Waals surface area contributed by atoms with Crippen LogP contribution in [0.4, 0.5) is 6.01 Å². The van der Waals surface area contributed by atoms with Gasteiger partial charge in [-0.05, 0) is 58.2 Å². The van der Waals surface area contributed by atoms with E-state index >= 15 is 0 Å². The second-order valence-electron chi connectivity index (χ2n) is 4.87. The monoisotopic (exact) mass is 342 g/mol. The van der Waals surface area contributed by atoms with Crippen molar-refractivity contribution in [2.75, 3.05) is 5.73 Å². The molecule has 1 aromatic carbocycles. The second-order valence-corrected chi connectivity index (χ2v) is 5.62. The van der Waals surface area contributed by atoms with Gasteiger partial charge in [-0.25, -0.2) is 4.98 Å². The van der Waals surface area contributed by atoms with Crippen LogP contribution in [0.3, 0.4) is 0 Å². The summed E-state index contributed by atoms with van der Waals surface area (Å²) in [6, 6.07) is 10.1. The molecule has 0 radical (unpaired) electrons. The summed E-state index contributed by atoms with van der Waals surface area (Å²) < 4.78 is 8.28. The van der Waals surface area contributed by atoms with Gasteiger partial charge in [0.1, 0.15) is 15.8 Å². The molecular weight excluding hydrogens is 332 g/mol. The highest BCUT2D eigenvalue weighted by Gasteiger charge is 2.09. The summed E-state index contributed by atoms with van der Waals surface area (Å²) in [4.78, 5) is 8.64. The van der Waals surface area contributed by atoms with Gasteiger partial charge in [-0.2, -0.15) is 4.98 Å². The molecule has 21 heavy (non-hydrogen) atoms. The van der Waals surface area contributed by atoms with Crippen LogP contribution in [0.15, 0.2) is 45.5 Å². The number of fused-ring (bicyclic) bond motifs is 2. The van der Waals surface area contributed by atoms with Crippen molar-refractivity contribution < 1.29 is 4.42 Å². The molecule has 3 heterocycles. The van der Waals surface area contributed by atoms with Crippen LogP contribution in [0.5, 0.6) is 0 Å². The molecule has 0 saturated heterocycles. The number of halogens is 1. The fourth-order valence-corrected chi connectivity index (χ4v) is 2.80. The summed E-state index contributed by atoms with van der Waals surface area (Å²) >= 11 is 3.56. The van der Waals surface area contributed by atoms with E-state index in [1.54, 1.807) is 0 Å². The van der Waals surface area contributed by atoms with Crippen LogP contribution in [0, 0.1) is 6.92 Å². The summed E-state index contributed by atoms with van der Waals surface area (Å²) in [5.41, 5.74) is 11.0. The molecule has 0 unspecified atom stereocenters. The third-order valence-electron chi connectivity index (χ3n) is 3.46. The molecule has 0 bridgehead atoms. The SMILES string of the molecule is Cc1nc2ccc(-c3ccc4oc(N)nc4c3)cn2c1Br. The van der Waals surface area contributed by atoms with Gasteiger partial charge in [0, 0.05) is 6.20 Å². The van der Waals surface area contributed by atoms with E-state index in [2.05, 4.69) is 25.9 Å². The van der Waals surface area contributed by atoms with Crippen molar-refractivity contribution in [2.45, 2.75) is 6.92 Å². The molecule has 6 heteroatoms. The van der Waals surface area contributed by atoms with Crippen molar-refractivity contribution in [1.82, 2.24) is 14.4 Å². The van der Waals surface area contributed by atoms with Gasteiger partial charge in [-0.15, -0.1) is 0 Å². The Balaban J connectivity index is 1.92. The molecular formula is C15H11BrN4O. The van der Waals surface area contributed by atoms with Crippen molar-refractivity contribution in [3.63, 3.8) is 0 Å². The Morgan fingerprint density at radius 3 is 2.81 bits per heavy atom. The number of anilines is 1. The number of imidazole rings is 1. The van der Waals surface area contributed by atoms with Crippen LogP contribution in [-0.4, -0.2) is 14.4 Å². The molecule has 3 aromatic heterocycles. The average Bonchev–Trinajstić information content (AvgIpc) is 2.98. The van der Waals surface area contributed by atoms with E-state index in [9.17, 15) is 0 Å². The molecule has 0 aliphatic carbocycles. The van der Waals surface area contributed by atoms with Crippen LogP contribution in [0.1, 0.15) is 5.69 Å². The van der Waals surface area contributed by atoms with Crippen molar-refractivity contribution >= 4 is 38.7 Å². The fraction of sp³-hybridized carbons (Fsp3) is 0.0667. The van der Waals surface area contributed by atoms with E-state index in [4.69, 9.17) is 10.2 Å². The molecule has 4 rings (SSSR count). The molecule has 0 amide bonds. The highest BCUT2D eigenvalue weighted by molar-refractivity contribution is 9.10. The lowest BCUT2D eigenvalue weighted by molar-refractivity contribution is 0.626. The smallest absolute Gasteiger partial charge is 0.292 e. The Hall–Kier alpha value is -2.34. The number of hydrogen-bond acceptors (Lipinski definition) is 4. The molecule has 0 fully saturated rings. The molecule has 0 aliphatic rings. The van der Waals surface area contributed by atoms with E-state index in [0.29, 0.717) is 5.58 Å². The maximum atomic E-state index is 5.58. The van der Waals surface area contributed by atoms with Crippen molar-refractivity contribution in [2.24, 2.45) is 0 Å². The zero-order valence-corrected chi connectivity index (χ0v) is 12.8. The van der Waals surface area contributed by atoms with Gasteiger partial charge in [0.25, 0.3) is 6.01 Å². The van der Waals surface area contributed by atoms with Crippen molar-refractivity contribution in [3.8, 4) is 11.1 Å². The Labute approximate surface area is 128 Å². The highest BCUT2D eigenvalue weighted by atomic mass is 79.9. The molecule has 104 valence electrons. The first kappa shape index (κ1) is 12.4. The second kappa shape index (κ2) is 4.33. The molecule has 0 spiro atoms. The predicted molar refractivity (Wildman–Crippen MR) is 85.0 cm³/mol. The van der Waals surface area contributed by atoms with Gasteiger partial charge >= 0.3 is 0 Å². The van der Waals surface area contributed by atoms with Gasteiger partial charge < -0.3 is 10.2 Å². The number of nitrogens with zero attached hydrogens (tertiary/aromatic N) is 3. The van der Waals surface area contributed by atoms with E-state index in [0.717, 1.165) is 32.6 Å². The molecule has 5 nitrogen and oxygen atoms in total. The number of nitrogen functional groups attached to an aromatic ring is 1. The first-order valence-electron chi connectivity index (χ1n) is 6.42. The minimum atomic E-state index is 0.186. The Kier molecular flexibility index (Phi) is 2.56. The zero-order chi connectivity index (χ0) is 14.6. The summed E-state index contributed by atoms with van der Waals surface area (Å²) in [7, 11) is 0. The fourth-order valence-electron chi connectivity index (χ4n) is 2.43. The van der Waals surface area contributed by atoms with Crippen LogP contribution in [0.2, 0.25) is 0 Å². The normalized spacial score (nSPS) is 11.5. The topological polar surface area (TPSA) is 69.3 Å². The number of pyridine rings is 1. The van der Waals surface area contributed by atoms with E-state index in [-0.39, 0.29) is 6.01 Å². The number of aromatic nitrogens is 3. The largest absolute Gasteiger partial charge is 0.424 e. The lowest BCUT2D eigenvalue weighted by Crippen LogP contribution is -1.87. The minimum absolute atomic E-state index is 0.186. The first-order valence-corrected chi connectivity index (χ1v) is 7.22. The maximum Gasteiger partial charge on any atom is 0.292 e. The van der Waals surface area contributed by atoms with Crippen molar-refractivity contribution in [1.29, 1.82) is 0 Å². The average molecular weight is 343 g/mol. The Morgan fingerprint density at radius 1 is 1.14 bits per heavy atom. The maximum absolute atomic E-state index is 5.58. The van der Waals surface area contributed by atoms with Crippen LogP contribution in [-0.2, 0) is 0 Å². The van der Waals surface area contributed by atoms with Gasteiger partial charge in [0.05, 0.1) is 5.69 Å². The standard InChI is InChI=1S/C15H11BrN4O/c1-8-14(16)20-7-10(3-5-13(20)18-8)9-2-4-12-11(6-9)19-15(17)21-12/h2-7H,1H3,(H2,17,19). The number of aryl methyl sites for hydroxylation is 1. The Morgan fingerprint density at radius 2 is 1.95 bits per heavy atom. The lowest BCUT2D eigenvalue weighted by Gasteiger charge is -2.03. The van der Waals surface area contributed by atoms with Gasteiger partial charge in [0.2, 0.25) is 0 Å². The van der Waals surface area contributed by atoms with Gasteiger partial charge in [-0.3, -0.25) is 4.40 Å². The lowest BCUT2D eigenvalue weighted by atomic mass is 10.1. The van der Waals surface area contributed by atoms with Crippen LogP contribution < -0.4 is 5.73 Å². The van der Waals surface area contributed by atoms with E-state index in [1.807, 2.05) is 47.9 Å². The van der Waals surface area contributed by atoms with Crippen LogP contribution in [0.25, 0.3) is 27.9 Å². The Bertz CT molecular complexity index is 986. The summed E-state index contributed by atoms with van der Waals surface area (Å²) in [5, 5.41) is 0. The third kappa shape index (κ3) is 1.91. The molecule has 4 aromatic rings. The van der Waals surface area contributed by atoms with E-state index < -0.39 is 0 Å². The van der Waals surface area contributed by atoms with E-state index in [1.165, 1.54) is 0 Å². The third-order valence-corrected chi connectivity index (χ3v) is 4.41. The first-order chi connectivity index (χ1) is 10.1. The molecule has 0 atom stereocenters. The summed E-state index contributed by atoms with van der Waals surface area (Å²) in [6.07, 6.45) is 2.05. The number of hydrogen-bond donors (Lipinski definition) is 1.